The highest BCUT2D eigenvalue weighted by Crippen LogP contribution is 2.20. The molecule has 0 spiro atoms. The zero-order valence-corrected chi connectivity index (χ0v) is 16.5. The van der Waals surface area contributed by atoms with Gasteiger partial charge in [0.05, 0.1) is 0 Å². The van der Waals surface area contributed by atoms with Crippen molar-refractivity contribution in [2.45, 2.75) is 12.1 Å². The Labute approximate surface area is 175 Å². The van der Waals surface area contributed by atoms with Crippen LogP contribution in [-0.2, 0) is 0 Å². The third-order valence-electron chi connectivity index (χ3n) is 4.86. The Morgan fingerprint density at radius 3 is 2.07 bits per heavy atom. The maximum absolute atomic E-state index is 10.5. The number of aliphatic hydroxyl groups excluding tert-OH is 1. The van der Waals surface area contributed by atoms with Crippen molar-refractivity contribution < 1.29 is 19.6 Å². The minimum atomic E-state index is -0.601. The fourth-order valence-electron chi connectivity index (χ4n) is 3.33. The van der Waals surface area contributed by atoms with Crippen molar-refractivity contribution in [1.82, 2.24) is 10.2 Å². The Balaban J connectivity index is 1.33. The second kappa shape index (κ2) is 9.82. The van der Waals surface area contributed by atoms with Gasteiger partial charge in [0.15, 0.2) is 0 Å². The SMILES string of the molecule is O[C@@H](C[NH2+]C(c1ccccc1)c1ccccc1)COc1ccc(-c2nnco2)cc1. The predicted molar refractivity (Wildman–Crippen MR) is 113 cm³/mol. The topological polar surface area (TPSA) is 85.0 Å². The molecule has 0 radical (unpaired) electrons. The van der Waals surface area contributed by atoms with Crippen molar-refractivity contribution in [2.24, 2.45) is 0 Å². The molecule has 0 aliphatic heterocycles. The highest BCUT2D eigenvalue weighted by molar-refractivity contribution is 5.53. The number of hydrogen-bond donors (Lipinski definition) is 2. The number of benzene rings is 3. The number of rotatable bonds is 9. The largest absolute Gasteiger partial charge is 0.491 e. The van der Waals surface area contributed by atoms with E-state index in [0.717, 1.165) is 5.56 Å². The fourth-order valence-corrected chi connectivity index (χ4v) is 3.33. The lowest BCUT2D eigenvalue weighted by Gasteiger charge is -2.19. The molecule has 0 aliphatic rings. The first-order chi connectivity index (χ1) is 14.8. The lowest BCUT2D eigenvalue weighted by Crippen LogP contribution is -2.87. The molecule has 0 amide bonds. The summed E-state index contributed by atoms with van der Waals surface area (Å²) >= 11 is 0. The average molecular weight is 402 g/mol. The zero-order valence-electron chi connectivity index (χ0n) is 16.5. The maximum Gasteiger partial charge on any atom is 0.247 e. The third-order valence-corrected chi connectivity index (χ3v) is 4.86. The number of nitrogens with two attached hydrogens (primary N) is 1. The minimum absolute atomic E-state index is 0.121. The summed E-state index contributed by atoms with van der Waals surface area (Å²) < 4.78 is 10.9. The van der Waals surface area contributed by atoms with Crippen LogP contribution < -0.4 is 10.1 Å². The predicted octanol–water partition coefficient (Wildman–Crippen LogP) is 2.83. The van der Waals surface area contributed by atoms with E-state index >= 15 is 0 Å². The Bertz CT molecular complexity index is 967. The molecule has 6 nitrogen and oxygen atoms in total. The van der Waals surface area contributed by atoms with Crippen molar-refractivity contribution in [3.63, 3.8) is 0 Å². The monoisotopic (exact) mass is 402 g/mol. The van der Waals surface area contributed by atoms with Gasteiger partial charge in [-0.05, 0) is 24.3 Å². The van der Waals surface area contributed by atoms with E-state index in [-0.39, 0.29) is 12.6 Å². The van der Waals surface area contributed by atoms with E-state index in [1.807, 2.05) is 60.7 Å². The van der Waals surface area contributed by atoms with E-state index in [2.05, 4.69) is 39.8 Å². The Morgan fingerprint density at radius 2 is 1.50 bits per heavy atom. The molecule has 3 aromatic carbocycles. The van der Waals surface area contributed by atoms with Crippen LogP contribution in [0.15, 0.2) is 95.7 Å². The van der Waals surface area contributed by atoms with E-state index in [0.29, 0.717) is 18.2 Å². The van der Waals surface area contributed by atoms with Gasteiger partial charge in [-0.15, -0.1) is 10.2 Å². The first kappa shape index (κ1) is 19.8. The molecule has 0 saturated heterocycles. The molecular formula is C24H24N3O3+. The summed E-state index contributed by atoms with van der Waals surface area (Å²) in [6.45, 7) is 0.737. The summed E-state index contributed by atoms with van der Waals surface area (Å²) in [7, 11) is 0. The molecule has 0 saturated carbocycles. The van der Waals surface area contributed by atoms with Gasteiger partial charge in [0.25, 0.3) is 0 Å². The summed E-state index contributed by atoms with van der Waals surface area (Å²) in [5.41, 5.74) is 3.23. The lowest BCUT2D eigenvalue weighted by atomic mass is 9.98. The Hall–Kier alpha value is -3.48. The number of ether oxygens (including phenoxy) is 1. The molecule has 0 unspecified atom stereocenters. The number of nitrogens with zero attached hydrogens (tertiary/aromatic N) is 2. The van der Waals surface area contributed by atoms with Crippen molar-refractivity contribution >= 4 is 0 Å². The Morgan fingerprint density at radius 1 is 0.867 bits per heavy atom. The normalized spacial score (nSPS) is 12.1. The van der Waals surface area contributed by atoms with Gasteiger partial charge >= 0.3 is 0 Å². The van der Waals surface area contributed by atoms with Crippen LogP contribution in [0.5, 0.6) is 5.75 Å². The van der Waals surface area contributed by atoms with E-state index in [9.17, 15) is 5.11 Å². The molecule has 1 aromatic heterocycles. The minimum Gasteiger partial charge on any atom is -0.491 e. The molecule has 30 heavy (non-hydrogen) atoms. The van der Waals surface area contributed by atoms with Crippen LogP contribution in [0.2, 0.25) is 0 Å². The standard InChI is InChI=1S/C24H23N3O3/c28-21(16-29-22-13-11-20(12-14-22)24-27-26-17-30-24)15-25-23(18-7-3-1-4-8-18)19-9-5-2-6-10-19/h1-14,17,21,23,25,28H,15-16H2/p+1/t21-/m0/s1. The molecule has 4 rings (SSSR count). The molecule has 3 N–H and O–H groups in total. The molecule has 4 aromatic rings. The summed E-state index contributed by atoms with van der Waals surface area (Å²) in [6, 6.07) is 28.1. The average Bonchev–Trinajstić information content (AvgIpc) is 3.35. The highest BCUT2D eigenvalue weighted by atomic mass is 16.5. The lowest BCUT2D eigenvalue weighted by molar-refractivity contribution is -0.692. The first-order valence-corrected chi connectivity index (χ1v) is 9.90. The van der Waals surface area contributed by atoms with Crippen LogP contribution in [0.25, 0.3) is 11.5 Å². The molecule has 152 valence electrons. The number of aliphatic hydroxyl groups is 1. The smallest absolute Gasteiger partial charge is 0.247 e. The van der Waals surface area contributed by atoms with Gasteiger partial charge in [0.1, 0.15) is 31.0 Å². The van der Waals surface area contributed by atoms with Crippen LogP contribution in [-0.4, -0.2) is 34.6 Å². The second-order valence-corrected chi connectivity index (χ2v) is 7.00. The van der Waals surface area contributed by atoms with Gasteiger partial charge in [-0.25, -0.2) is 0 Å². The summed E-state index contributed by atoms with van der Waals surface area (Å²) in [5, 5.41) is 20.2. The van der Waals surface area contributed by atoms with Gasteiger partial charge in [-0.2, -0.15) is 0 Å². The molecule has 1 heterocycles. The number of quaternary nitrogens is 1. The van der Waals surface area contributed by atoms with Crippen molar-refractivity contribution in [1.29, 1.82) is 0 Å². The van der Waals surface area contributed by atoms with Crippen LogP contribution in [0.3, 0.4) is 0 Å². The molecule has 1 atom stereocenters. The van der Waals surface area contributed by atoms with E-state index in [4.69, 9.17) is 9.15 Å². The van der Waals surface area contributed by atoms with Gasteiger partial charge in [0, 0.05) is 16.7 Å². The highest BCUT2D eigenvalue weighted by Gasteiger charge is 2.19. The second-order valence-electron chi connectivity index (χ2n) is 7.00. The summed E-state index contributed by atoms with van der Waals surface area (Å²) in [4.78, 5) is 0. The molecule has 0 aliphatic carbocycles. The van der Waals surface area contributed by atoms with Crippen LogP contribution >= 0.6 is 0 Å². The van der Waals surface area contributed by atoms with Gasteiger partial charge < -0.3 is 19.6 Å². The fraction of sp³-hybridized carbons (Fsp3) is 0.167. The number of aromatic nitrogens is 2. The molecule has 6 heteroatoms. The zero-order chi connectivity index (χ0) is 20.6. The van der Waals surface area contributed by atoms with Crippen molar-refractivity contribution in [3.05, 3.63) is 102 Å². The van der Waals surface area contributed by atoms with Crippen LogP contribution in [0.1, 0.15) is 17.2 Å². The van der Waals surface area contributed by atoms with Gasteiger partial charge in [-0.1, -0.05) is 60.7 Å². The van der Waals surface area contributed by atoms with Gasteiger partial charge in [-0.3, -0.25) is 0 Å². The first-order valence-electron chi connectivity index (χ1n) is 9.90. The van der Waals surface area contributed by atoms with Gasteiger partial charge in [0.2, 0.25) is 12.3 Å². The molecular weight excluding hydrogens is 378 g/mol. The summed E-state index contributed by atoms with van der Waals surface area (Å²) in [5.74, 6) is 1.14. The van der Waals surface area contributed by atoms with E-state index < -0.39 is 6.10 Å². The Kier molecular flexibility index (Phi) is 6.49. The third kappa shape index (κ3) is 5.11. The quantitative estimate of drug-likeness (QED) is 0.450. The van der Waals surface area contributed by atoms with Crippen LogP contribution in [0, 0.1) is 0 Å². The summed E-state index contributed by atoms with van der Waals surface area (Å²) in [6.07, 6.45) is 0.695. The van der Waals surface area contributed by atoms with Crippen molar-refractivity contribution in [3.8, 4) is 17.2 Å². The van der Waals surface area contributed by atoms with E-state index in [1.165, 1.54) is 17.5 Å². The molecule has 0 bridgehead atoms. The number of hydrogen-bond acceptors (Lipinski definition) is 5. The van der Waals surface area contributed by atoms with Crippen LogP contribution in [0.4, 0.5) is 0 Å². The molecule has 0 fully saturated rings. The maximum atomic E-state index is 10.5. The van der Waals surface area contributed by atoms with E-state index in [1.54, 1.807) is 0 Å². The van der Waals surface area contributed by atoms with Crippen molar-refractivity contribution in [2.75, 3.05) is 13.2 Å².